The number of hydrogen-bond donors (Lipinski definition) is 1. The van der Waals surface area contributed by atoms with E-state index >= 15 is 0 Å². The van der Waals surface area contributed by atoms with Crippen LogP contribution in [0.3, 0.4) is 0 Å². The van der Waals surface area contributed by atoms with Crippen LogP contribution in [-0.2, 0) is 45.3 Å². The van der Waals surface area contributed by atoms with Crippen molar-refractivity contribution in [1.82, 2.24) is 9.71 Å². The number of methoxy groups -OCH3 is 1. The van der Waals surface area contributed by atoms with Crippen LogP contribution in [0.4, 0.5) is 5.69 Å². The Morgan fingerprint density at radius 1 is 1.08 bits per heavy atom. The Morgan fingerprint density at radius 2 is 1.96 bits per heavy atom. The smallest absolute Gasteiger partial charge is 0.286 e. The number of fused-ring (bicyclic) bond motifs is 4. The van der Waals surface area contributed by atoms with E-state index in [-0.39, 0.29) is 23.7 Å². The summed E-state index contributed by atoms with van der Waals surface area (Å²) in [5, 5.41) is 0.718. The lowest BCUT2D eigenvalue weighted by Crippen LogP contribution is -2.43. The zero-order chi connectivity index (χ0) is 35.5. The summed E-state index contributed by atoms with van der Waals surface area (Å²) >= 11 is 6.47. The van der Waals surface area contributed by atoms with Gasteiger partial charge in [-0.15, -0.1) is 4.36 Å². The van der Waals surface area contributed by atoms with Crippen molar-refractivity contribution in [3.8, 4) is 5.75 Å². The molecule has 1 fully saturated rings. The fraction of sp³-hybridized carbons (Fsp3) is 0.475. The maximum absolute atomic E-state index is 14.7. The molecule has 2 aliphatic heterocycles. The second kappa shape index (κ2) is 15.5. The second-order valence-electron chi connectivity index (χ2n) is 14.6. The summed E-state index contributed by atoms with van der Waals surface area (Å²) in [6, 6.07) is 15.3. The minimum atomic E-state index is -3.49. The molecule has 11 heteroatoms. The number of carbonyl (C=O) groups is 2. The molecule has 2 bridgehead atoms. The van der Waals surface area contributed by atoms with Crippen LogP contribution >= 0.6 is 11.6 Å². The summed E-state index contributed by atoms with van der Waals surface area (Å²) in [7, 11) is -1.73. The molecule has 0 saturated heterocycles. The minimum Gasteiger partial charge on any atom is -0.491 e. The molecule has 6 atom stereocenters. The van der Waals surface area contributed by atoms with Crippen molar-refractivity contribution in [3.05, 3.63) is 99.9 Å². The Morgan fingerprint density at radius 3 is 2.76 bits per heavy atom. The SMILES string of the molecule is CO[C@H]1/C=C/C[C@H](C)CS(=O)(NC(=O)C2Cc3cccnc3C2)=NC(=O)c2ccc3c(c2)N(Cc2ccc(Cl)cc2CCCCO3)C[C@@H]2CC[C@H]21. The molecule has 270 valence electrons. The number of amides is 2. The lowest BCUT2D eigenvalue weighted by Gasteiger charge is -2.43. The number of anilines is 1. The maximum atomic E-state index is 14.7. The van der Waals surface area contributed by atoms with Crippen LogP contribution in [-0.4, -0.2) is 53.1 Å². The first kappa shape index (κ1) is 35.7. The van der Waals surface area contributed by atoms with Gasteiger partial charge in [0, 0.05) is 55.0 Å². The Kier molecular flexibility index (Phi) is 10.8. The first-order valence-electron chi connectivity index (χ1n) is 18.2. The number of rotatable bonds is 3. The quantitative estimate of drug-likeness (QED) is 0.285. The molecule has 0 radical (unpaired) electrons. The maximum Gasteiger partial charge on any atom is 0.286 e. The molecule has 1 N–H and O–H groups in total. The Labute approximate surface area is 306 Å². The predicted octanol–water partition coefficient (Wildman–Crippen LogP) is 7.15. The lowest BCUT2D eigenvalue weighted by molar-refractivity contribution is -0.122. The van der Waals surface area contributed by atoms with Gasteiger partial charge in [0.05, 0.1) is 24.2 Å². The average Bonchev–Trinajstić information content (AvgIpc) is 3.53. The molecule has 4 aliphatic rings. The minimum absolute atomic E-state index is 0.0377. The molecule has 2 amide bonds. The fourth-order valence-corrected chi connectivity index (χ4v) is 10.2. The highest BCUT2D eigenvalue weighted by Gasteiger charge is 2.38. The zero-order valence-corrected chi connectivity index (χ0v) is 31.0. The molecule has 9 nitrogen and oxygen atoms in total. The molecule has 3 aromatic rings. The number of aryl methyl sites for hydroxylation is 1. The van der Waals surface area contributed by atoms with Gasteiger partial charge in [0.1, 0.15) is 15.7 Å². The zero-order valence-electron chi connectivity index (χ0n) is 29.4. The number of carbonyl (C=O) groups excluding carboxylic acids is 2. The number of hydrogen-bond acceptors (Lipinski definition) is 7. The van der Waals surface area contributed by atoms with Crippen LogP contribution in [0.15, 0.2) is 71.2 Å². The molecule has 2 unspecified atom stereocenters. The summed E-state index contributed by atoms with van der Waals surface area (Å²) < 4.78 is 34.2. The second-order valence-corrected chi connectivity index (χ2v) is 17.1. The van der Waals surface area contributed by atoms with E-state index in [4.69, 9.17) is 21.1 Å². The first-order chi connectivity index (χ1) is 24.7. The molecule has 3 heterocycles. The molecule has 51 heavy (non-hydrogen) atoms. The van der Waals surface area contributed by atoms with Crippen molar-refractivity contribution in [3.63, 3.8) is 0 Å². The molecule has 0 spiro atoms. The number of nitrogens with zero attached hydrogens (tertiary/aromatic N) is 3. The molecule has 1 aromatic heterocycles. The number of nitrogens with one attached hydrogen (secondary N) is 1. The van der Waals surface area contributed by atoms with Gasteiger partial charge in [0.2, 0.25) is 5.91 Å². The van der Waals surface area contributed by atoms with E-state index in [0.717, 1.165) is 60.6 Å². The standard InChI is InChI=1S/C40H47ClN4O5S/c1-26-7-5-10-37(49-2)34-15-12-31(34)24-45-23-30-11-14-33(41)20-27(30)8-3-4-18-50-38-16-13-29(22-36(38)45)39(46)43-51(48,25-26)44-40(47)32-19-28-9-6-17-42-35(28)21-32/h5-6,9-11,13-14,16-17,20,22,26,31-32,34,37H,3-4,7-8,12,15,18-19,21,23-25H2,1-2H3,(H,43,44,46,47,48)/b10-5+/t26-,31-,32?,34+,37-,51?/m0/s1. The summed E-state index contributed by atoms with van der Waals surface area (Å²) in [5.74, 6) is -0.121. The topological polar surface area (TPSA) is 110 Å². The van der Waals surface area contributed by atoms with Crippen LogP contribution in [0.1, 0.15) is 71.8 Å². The molecule has 1 saturated carbocycles. The summed E-state index contributed by atoms with van der Waals surface area (Å²) in [6.45, 7) is 3.86. The van der Waals surface area contributed by atoms with Gasteiger partial charge in [-0.2, -0.15) is 0 Å². The fourth-order valence-electron chi connectivity index (χ4n) is 8.01. The van der Waals surface area contributed by atoms with Crippen molar-refractivity contribution >= 4 is 39.0 Å². The molecular weight excluding hydrogens is 684 g/mol. The Balaban J connectivity index is 1.28. The highest BCUT2D eigenvalue weighted by atomic mass is 35.5. The number of allylic oxidation sites excluding steroid dienone is 1. The van der Waals surface area contributed by atoms with E-state index < -0.39 is 21.7 Å². The Bertz CT molecular complexity index is 1920. The highest BCUT2D eigenvalue weighted by molar-refractivity contribution is 7.92. The Hall–Kier alpha value is -3.73. The van der Waals surface area contributed by atoms with Crippen molar-refractivity contribution in [2.75, 3.05) is 30.9 Å². The van der Waals surface area contributed by atoms with Crippen molar-refractivity contribution in [1.29, 1.82) is 0 Å². The normalized spacial score (nSPS) is 28.7. The summed E-state index contributed by atoms with van der Waals surface area (Å²) in [4.78, 5) is 34.5. The number of halogens is 1. The van der Waals surface area contributed by atoms with E-state index in [2.05, 4.69) is 43.3 Å². The third kappa shape index (κ3) is 8.18. The monoisotopic (exact) mass is 730 g/mol. The van der Waals surface area contributed by atoms with E-state index in [1.807, 2.05) is 37.3 Å². The largest absolute Gasteiger partial charge is 0.491 e. The van der Waals surface area contributed by atoms with Gasteiger partial charge in [0.15, 0.2) is 0 Å². The summed E-state index contributed by atoms with van der Waals surface area (Å²) in [6.07, 6.45) is 12.3. The average molecular weight is 731 g/mol. The van der Waals surface area contributed by atoms with Crippen LogP contribution < -0.4 is 14.4 Å². The highest BCUT2D eigenvalue weighted by Crippen LogP contribution is 2.42. The third-order valence-electron chi connectivity index (χ3n) is 10.9. The third-order valence-corrected chi connectivity index (χ3v) is 13.2. The van der Waals surface area contributed by atoms with E-state index in [1.54, 1.807) is 19.4 Å². The summed E-state index contributed by atoms with van der Waals surface area (Å²) in [5.41, 5.74) is 5.38. The molecule has 2 aliphatic carbocycles. The van der Waals surface area contributed by atoms with Crippen LogP contribution in [0.2, 0.25) is 5.02 Å². The first-order valence-corrected chi connectivity index (χ1v) is 20.3. The van der Waals surface area contributed by atoms with E-state index in [1.165, 1.54) is 11.1 Å². The van der Waals surface area contributed by atoms with Crippen molar-refractivity contribution < 1.29 is 23.3 Å². The number of aromatic nitrogens is 1. The van der Waals surface area contributed by atoms with Gasteiger partial charge in [-0.3, -0.25) is 19.3 Å². The van der Waals surface area contributed by atoms with Crippen LogP contribution in [0, 0.1) is 23.7 Å². The van der Waals surface area contributed by atoms with E-state index in [9.17, 15) is 13.8 Å². The van der Waals surface area contributed by atoms with Crippen LogP contribution in [0.25, 0.3) is 0 Å². The predicted molar refractivity (Wildman–Crippen MR) is 200 cm³/mol. The molecular formula is C40H47ClN4O5S. The van der Waals surface area contributed by atoms with Crippen LogP contribution in [0.5, 0.6) is 5.75 Å². The van der Waals surface area contributed by atoms with Gasteiger partial charge in [-0.05, 0) is 116 Å². The van der Waals surface area contributed by atoms with Gasteiger partial charge in [0.25, 0.3) is 5.91 Å². The number of ether oxygens (including phenoxy) is 2. The van der Waals surface area contributed by atoms with Crippen molar-refractivity contribution in [2.24, 2.45) is 28.0 Å². The van der Waals surface area contributed by atoms with Gasteiger partial charge in [-0.25, -0.2) is 4.21 Å². The van der Waals surface area contributed by atoms with Gasteiger partial charge < -0.3 is 14.4 Å². The number of pyridine rings is 1. The van der Waals surface area contributed by atoms with Crippen molar-refractivity contribution in [2.45, 2.75) is 70.9 Å². The number of benzene rings is 2. The van der Waals surface area contributed by atoms with E-state index in [0.29, 0.717) is 55.6 Å². The van der Waals surface area contributed by atoms with Gasteiger partial charge >= 0.3 is 0 Å². The molecule has 7 rings (SSSR count). The van der Waals surface area contributed by atoms with Gasteiger partial charge in [-0.1, -0.05) is 42.8 Å². The lowest BCUT2D eigenvalue weighted by atomic mass is 9.70. The molecule has 2 aromatic carbocycles.